The molecule has 0 spiro atoms. The SMILES string of the molecule is Cc1cccc(C(=O)N[C@H](C(=O)OCc2cn3cc(Cl)ccc3n2)C(C)C)c1. The molecule has 0 saturated heterocycles. The van der Waals surface area contributed by atoms with E-state index in [0.29, 0.717) is 21.9 Å². The Bertz CT molecular complexity index is 1010. The molecule has 0 bridgehead atoms. The molecule has 1 N–H and O–H groups in total. The number of aromatic nitrogens is 2. The van der Waals surface area contributed by atoms with Crippen LogP contribution in [0.3, 0.4) is 0 Å². The van der Waals surface area contributed by atoms with Crippen LogP contribution in [0.4, 0.5) is 0 Å². The normalized spacial score (nSPS) is 12.2. The predicted molar refractivity (Wildman–Crippen MR) is 107 cm³/mol. The summed E-state index contributed by atoms with van der Waals surface area (Å²) >= 11 is 5.97. The van der Waals surface area contributed by atoms with Gasteiger partial charge in [0.2, 0.25) is 0 Å². The fourth-order valence-electron chi connectivity index (χ4n) is 2.83. The van der Waals surface area contributed by atoms with E-state index < -0.39 is 12.0 Å². The number of carbonyl (C=O) groups is 2. The smallest absolute Gasteiger partial charge is 0.329 e. The van der Waals surface area contributed by atoms with Gasteiger partial charge in [0.1, 0.15) is 18.3 Å². The van der Waals surface area contributed by atoms with Crippen molar-refractivity contribution < 1.29 is 14.3 Å². The summed E-state index contributed by atoms with van der Waals surface area (Å²) < 4.78 is 7.18. The molecule has 0 unspecified atom stereocenters. The standard InChI is InChI=1S/C21H22ClN3O3/c1-13(2)19(24-20(26)15-6-4-5-14(3)9-15)21(27)28-12-17-11-25-10-16(22)7-8-18(25)23-17/h4-11,13,19H,12H2,1-3H3,(H,24,26)/t19-/m0/s1. The Morgan fingerprint density at radius 3 is 2.71 bits per heavy atom. The number of rotatable bonds is 6. The molecule has 7 heteroatoms. The highest BCUT2D eigenvalue weighted by molar-refractivity contribution is 6.30. The average molecular weight is 400 g/mol. The average Bonchev–Trinajstić information content (AvgIpc) is 3.05. The van der Waals surface area contributed by atoms with Crippen LogP contribution >= 0.6 is 11.6 Å². The zero-order valence-corrected chi connectivity index (χ0v) is 16.7. The number of carbonyl (C=O) groups excluding carboxylic acids is 2. The lowest BCUT2D eigenvalue weighted by atomic mass is 10.0. The van der Waals surface area contributed by atoms with Gasteiger partial charge in [-0.25, -0.2) is 9.78 Å². The molecule has 146 valence electrons. The monoisotopic (exact) mass is 399 g/mol. The van der Waals surface area contributed by atoms with E-state index in [9.17, 15) is 9.59 Å². The van der Waals surface area contributed by atoms with Crippen LogP contribution in [0.2, 0.25) is 5.02 Å². The van der Waals surface area contributed by atoms with Gasteiger partial charge in [0.05, 0.1) is 10.7 Å². The number of nitrogens with one attached hydrogen (secondary N) is 1. The lowest BCUT2D eigenvalue weighted by molar-refractivity contribution is -0.148. The Labute approximate surface area is 168 Å². The first-order valence-corrected chi connectivity index (χ1v) is 9.38. The number of benzene rings is 1. The molecule has 2 aromatic heterocycles. The zero-order valence-electron chi connectivity index (χ0n) is 16.0. The van der Waals surface area contributed by atoms with Crippen molar-refractivity contribution in [3.63, 3.8) is 0 Å². The Kier molecular flexibility index (Phi) is 5.99. The second-order valence-electron chi connectivity index (χ2n) is 7.02. The highest BCUT2D eigenvalue weighted by Gasteiger charge is 2.26. The minimum Gasteiger partial charge on any atom is -0.458 e. The van der Waals surface area contributed by atoms with Crippen molar-refractivity contribution >= 4 is 29.1 Å². The van der Waals surface area contributed by atoms with Crippen molar-refractivity contribution in [3.8, 4) is 0 Å². The van der Waals surface area contributed by atoms with Gasteiger partial charge in [-0.05, 0) is 37.1 Å². The molecule has 6 nitrogen and oxygen atoms in total. The minimum atomic E-state index is -0.750. The molecular formula is C21H22ClN3O3. The molecule has 0 saturated carbocycles. The number of hydrogen-bond donors (Lipinski definition) is 1. The maximum Gasteiger partial charge on any atom is 0.329 e. The number of esters is 1. The topological polar surface area (TPSA) is 72.7 Å². The quantitative estimate of drug-likeness (QED) is 0.640. The first kappa shape index (κ1) is 19.9. The van der Waals surface area contributed by atoms with Crippen molar-refractivity contribution in [2.24, 2.45) is 5.92 Å². The molecule has 28 heavy (non-hydrogen) atoms. The number of fused-ring (bicyclic) bond motifs is 1. The van der Waals surface area contributed by atoms with E-state index in [-0.39, 0.29) is 18.4 Å². The molecule has 0 aliphatic carbocycles. The van der Waals surface area contributed by atoms with Crippen LogP contribution < -0.4 is 5.32 Å². The third-order valence-electron chi connectivity index (χ3n) is 4.31. The fraction of sp³-hybridized carbons (Fsp3) is 0.286. The number of nitrogens with zero attached hydrogens (tertiary/aromatic N) is 2. The highest BCUT2D eigenvalue weighted by atomic mass is 35.5. The number of amides is 1. The van der Waals surface area contributed by atoms with Crippen LogP contribution in [0.15, 0.2) is 48.8 Å². The first-order chi connectivity index (χ1) is 13.3. The van der Waals surface area contributed by atoms with Crippen LogP contribution in [-0.4, -0.2) is 27.3 Å². The summed E-state index contributed by atoms with van der Waals surface area (Å²) in [5.41, 5.74) is 2.80. The third kappa shape index (κ3) is 4.70. The Hall–Kier alpha value is -2.86. The number of pyridine rings is 1. The van der Waals surface area contributed by atoms with Gasteiger partial charge in [-0.15, -0.1) is 0 Å². The van der Waals surface area contributed by atoms with Gasteiger partial charge < -0.3 is 14.5 Å². The van der Waals surface area contributed by atoms with Crippen LogP contribution in [0.5, 0.6) is 0 Å². The van der Waals surface area contributed by atoms with Gasteiger partial charge in [-0.3, -0.25) is 4.79 Å². The Balaban J connectivity index is 1.66. The van der Waals surface area contributed by atoms with E-state index in [1.54, 1.807) is 41.1 Å². The third-order valence-corrected chi connectivity index (χ3v) is 4.54. The van der Waals surface area contributed by atoms with E-state index in [0.717, 1.165) is 5.56 Å². The highest BCUT2D eigenvalue weighted by Crippen LogP contribution is 2.13. The maximum atomic E-state index is 12.6. The first-order valence-electron chi connectivity index (χ1n) is 9.01. The summed E-state index contributed by atoms with van der Waals surface area (Å²) in [6, 6.07) is 9.99. The summed E-state index contributed by atoms with van der Waals surface area (Å²) in [5.74, 6) is -0.922. The second kappa shape index (κ2) is 8.44. The molecular weight excluding hydrogens is 378 g/mol. The van der Waals surface area contributed by atoms with Crippen LogP contribution in [0, 0.1) is 12.8 Å². The van der Waals surface area contributed by atoms with Crippen molar-refractivity contribution in [2.45, 2.75) is 33.4 Å². The summed E-state index contributed by atoms with van der Waals surface area (Å²) in [5, 5.41) is 3.36. The van der Waals surface area contributed by atoms with Crippen molar-refractivity contribution in [1.29, 1.82) is 0 Å². The number of aryl methyl sites for hydroxylation is 1. The van der Waals surface area contributed by atoms with Gasteiger partial charge >= 0.3 is 5.97 Å². The van der Waals surface area contributed by atoms with Gasteiger partial charge in [0.25, 0.3) is 5.91 Å². The molecule has 1 atom stereocenters. The van der Waals surface area contributed by atoms with E-state index in [1.807, 2.05) is 32.9 Å². The number of halogens is 1. The summed E-state index contributed by atoms with van der Waals surface area (Å²) in [4.78, 5) is 29.4. The van der Waals surface area contributed by atoms with Crippen LogP contribution in [0.25, 0.3) is 5.65 Å². The zero-order chi connectivity index (χ0) is 20.3. The number of imidazole rings is 1. The van der Waals surface area contributed by atoms with Crippen molar-refractivity contribution in [2.75, 3.05) is 0 Å². The van der Waals surface area contributed by atoms with Crippen molar-refractivity contribution in [3.05, 3.63) is 70.6 Å². The lowest BCUT2D eigenvalue weighted by Crippen LogP contribution is -2.45. The minimum absolute atomic E-state index is 0.0155. The van der Waals surface area contributed by atoms with Crippen LogP contribution in [0.1, 0.15) is 35.5 Å². The van der Waals surface area contributed by atoms with E-state index in [2.05, 4.69) is 10.3 Å². The molecule has 0 aliphatic heterocycles. The van der Waals surface area contributed by atoms with Gasteiger partial charge in [-0.2, -0.15) is 0 Å². The fourth-order valence-corrected chi connectivity index (χ4v) is 3.00. The lowest BCUT2D eigenvalue weighted by Gasteiger charge is -2.20. The van der Waals surface area contributed by atoms with Gasteiger partial charge in [0.15, 0.2) is 0 Å². The molecule has 1 amide bonds. The predicted octanol–water partition coefficient (Wildman–Crippen LogP) is 3.79. The molecule has 0 fully saturated rings. The van der Waals surface area contributed by atoms with E-state index in [1.165, 1.54) is 0 Å². The largest absolute Gasteiger partial charge is 0.458 e. The van der Waals surface area contributed by atoms with Crippen molar-refractivity contribution in [1.82, 2.24) is 14.7 Å². The van der Waals surface area contributed by atoms with Gasteiger partial charge in [-0.1, -0.05) is 43.1 Å². The van der Waals surface area contributed by atoms with E-state index in [4.69, 9.17) is 16.3 Å². The van der Waals surface area contributed by atoms with E-state index >= 15 is 0 Å². The second-order valence-corrected chi connectivity index (χ2v) is 7.45. The molecule has 3 rings (SSSR count). The molecule has 3 aromatic rings. The summed E-state index contributed by atoms with van der Waals surface area (Å²) in [6.07, 6.45) is 3.48. The molecule has 2 heterocycles. The Morgan fingerprint density at radius 1 is 1.21 bits per heavy atom. The van der Waals surface area contributed by atoms with Crippen LogP contribution in [-0.2, 0) is 16.1 Å². The number of hydrogen-bond acceptors (Lipinski definition) is 4. The maximum absolute atomic E-state index is 12.6. The molecule has 1 aromatic carbocycles. The number of ether oxygens (including phenoxy) is 1. The molecule has 0 aliphatic rings. The molecule has 0 radical (unpaired) electrons. The van der Waals surface area contributed by atoms with Gasteiger partial charge in [0, 0.05) is 18.0 Å². The Morgan fingerprint density at radius 2 is 2.00 bits per heavy atom. The summed E-state index contributed by atoms with van der Waals surface area (Å²) in [7, 11) is 0. The summed E-state index contributed by atoms with van der Waals surface area (Å²) in [6.45, 7) is 5.64.